The maximum Gasteiger partial charge on any atom is 0.407 e. The Bertz CT molecular complexity index is 692. The first-order chi connectivity index (χ1) is 12.6. The predicted molar refractivity (Wildman–Crippen MR) is 96.9 cm³/mol. The highest BCUT2D eigenvalue weighted by molar-refractivity contribution is 5.95. The first kappa shape index (κ1) is 17.0. The van der Waals surface area contributed by atoms with E-state index in [1.807, 2.05) is 17.0 Å². The van der Waals surface area contributed by atoms with Crippen LogP contribution in [-0.2, 0) is 4.74 Å². The van der Waals surface area contributed by atoms with Crippen molar-refractivity contribution in [3.05, 3.63) is 24.3 Å². The quantitative estimate of drug-likeness (QED) is 0.884. The van der Waals surface area contributed by atoms with E-state index in [1.54, 1.807) is 4.90 Å². The van der Waals surface area contributed by atoms with Crippen molar-refractivity contribution >= 4 is 23.5 Å². The van der Waals surface area contributed by atoms with Gasteiger partial charge in [0.2, 0.25) is 0 Å². The van der Waals surface area contributed by atoms with Crippen molar-refractivity contribution < 1.29 is 19.4 Å². The molecule has 3 amide bonds. The molecule has 3 heterocycles. The second kappa shape index (κ2) is 7.03. The number of carboxylic acid groups (broad SMARTS) is 1. The van der Waals surface area contributed by atoms with Crippen LogP contribution in [0.15, 0.2) is 24.3 Å². The molecular formula is C18H24N4O4. The lowest BCUT2D eigenvalue weighted by molar-refractivity contribution is 0.122. The van der Waals surface area contributed by atoms with Crippen LogP contribution in [0.4, 0.5) is 21.0 Å². The number of nitrogens with zero attached hydrogens (tertiary/aromatic N) is 4. The summed E-state index contributed by atoms with van der Waals surface area (Å²) in [5, 5.41) is 9.12. The Morgan fingerprint density at radius 2 is 1.85 bits per heavy atom. The van der Waals surface area contributed by atoms with Crippen LogP contribution in [0.25, 0.3) is 0 Å². The SMILES string of the molecule is O=C(O)N1CCC(N2CCN(c3cccc(N4CCOCC4)c3)C2=O)C1. The fourth-order valence-corrected chi connectivity index (χ4v) is 3.98. The third kappa shape index (κ3) is 3.16. The van der Waals surface area contributed by atoms with Crippen molar-refractivity contribution in [3.8, 4) is 0 Å². The van der Waals surface area contributed by atoms with E-state index in [-0.39, 0.29) is 12.1 Å². The van der Waals surface area contributed by atoms with Gasteiger partial charge in [-0.1, -0.05) is 6.07 Å². The standard InChI is InChI=1S/C18H24N4O4/c23-17-21(6-7-22(17)16-4-5-20(13-16)18(24)25)15-3-1-2-14(12-15)19-8-10-26-11-9-19/h1-3,12,16H,4-11,13H2,(H,24,25). The van der Waals surface area contributed by atoms with Crippen molar-refractivity contribution in [2.75, 3.05) is 62.3 Å². The minimum Gasteiger partial charge on any atom is -0.465 e. The Labute approximate surface area is 152 Å². The second-order valence-electron chi connectivity index (χ2n) is 6.92. The maximum absolute atomic E-state index is 12.9. The molecule has 1 aromatic carbocycles. The van der Waals surface area contributed by atoms with Crippen LogP contribution in [0.5, 0.6) is 0 Å². The minimum atomic E-state index is -0.908. The summed E-state index contributed by atoms with van der Waals surface area (Å²) < 4.78 is 5.41. The Morgan fingerprint density at radius 3 is 2.58 bits per heavy atom. The van der Waals surface area contributed by atoms with E-state index in [4.69, 9.17) is 9.84 Å². The minimum absolute atomic E-state index is 0.0222. The van der Waals surface area contributed by atoms with Crippen LogP contribution < -0.4 is 9.80 Å². The van der Waals surface area contributed by atoms with Gasteiger partial charge in [0.05, 0.1) is 19.3 Å². The number of urea groups is 1. The van der Waals surface area contributed by atoms with Gasteiger partial charge in [-0.25, -0.2) is 9.59 Å². The molecule has 3 aliphatic heterocycles. The molecule has 4 rings (SSSR count). The number of likely N-dealkylation sites (tertiary alicyclic amines) is 1. The van der Waals surface area contributed by atoms with Gasteiger partial charge in [0.15, 0.2) is 0 Å². The first-order valence-corrected chi connectivity index (χ1v) is 9.12. The van der Waals surface area contributed by atoms with E-state index in [2.05, 4.69) is 17.0 Å². The average Bonchev–Trinajstić information content (AvgIpc) is 3.29. The van der Waals surface area contributed by atoms with E-state index in [0.717, 1.165) is 37.7 Å². The third-order valence-corrected chi connectivity index (χ3v) is 5.43. The summed E-state index contributed by atoms with van der Waals surface area (Å²) in [7, 11) is 0. The monoisotopic (exact) mass is 360 g/mol. The van der Waals surface area contributed by atoms with Crippen molar-refractivity contribution in [3.63, 3.8) is 0 Å². The smallest absolute Gasteiger partial charge is 0.407 e. The molecule has 3 saturated heterocycles. The molecule has 1 atom stereocenters. The number of benzene rings is 1. The van der Waals surface area contributed by atoms with Crippen molar-refractivity contribution in [1.29, 1.82) is 0 Å². The molecule has 0 aliphatic carbocycles. The Morgan fingerprint density at radius 1 is 1.08 bits per heavy atom. The fraction of sp³-hybridized carbons (Fsp3) is 0.556. The molecule has 1 N–H and O–H groups in total. The molecule has 1 unspecified atom stereocenters. The van der Waals surface area contributed by atoms with Gasteiger partial charge in [-0.2, -0.15) is 0 Å². The summed E-state index contributed by atoms with van der Waals surface area (Å²) in [6.07, 6.45) is -0.200. The number of rotatable bonds is 3. The summed E-state index contributed by atoms with van der Waals surface area (Å²) in [4.78, 5) is 31.3. The van der Waals surface area contributed by atoms with Gasteiger partial charge in [0.1, 0.15) is 0 Å². The third-order valence-electron chi connectivity index (χ3n) is 5.43. The van der Waals surface area contributed by atoms with Gasteiger partial charge in [-0.15, -0.1) is 0 Å². The van der Waals surface area contributed by atoms with Gasteiger partial charge < -0.3 is 24.5 Å². The number of anilines is 2. The lowest BCUT2D eigenvalue weighted by Gasteiger charge is -2.30. The number of ether oxygens (including phenoxy) is 1. The van der Waals surface area contributed by atoms with Gasteiger partial charge in [-0.05, 0) is 24.6 Å². The summed E-state index contributed by atoms with van der Waals surface area (Å²) in [6, 6.07) is 8.02. The topological polar surface area (TPSA) is 76.6 Å². The highest BCUT2D eigenvalue weighted by atomic mass is 16.5. The lowest BCUT2D eigenvalue weighted by Crippen LogP contribution is -2.41. The zero-order chi connectivity index (χ0) is 18.1. The molecule has 8 nitrogen and oxygen atoms in total. The molecule has 0 bridgehead atoms. The Kier molecular flexibility index (Phi) is 4.58. The zero-order valence-electron chi connectivity index (χ0n) is 14.7. The van der Waals surface area contributed by atoms with E-state index >= 15 is 0 Å². The molecule has 0 radical (unpaired) electrons. The van der Waals surface area contributed by atoms with Crippen LogP contribution in [0.1, 0.15) is 6.42 Å². The number of amides is 3. The van der Waals surface area contributed by atoms with E-state index < -0.39 is 6.09 Å². The van der Waals surface area contributed by atoms with Crippen molar-refractivity contribution in [2.24, 2.45) is 0 Å². The number of carbonyl (C=O) groups excluding carboxylic acids is 1. The summed E-state index contributed by atoms with van der Waals surface area (Å²) >= 11 is 0. The van der Waals surface area contributed by atoms with Crippen LogP contribution in [0, 0.1) is 0 Å². The number of morpholine rings is 1. The second-order valence-corrected chi connectivity index (χ2v) is 6.92. The lowest BCUT2D eigenvalue weighted by atomic mass is 10.2. The van der Waals surface area contributed by atoms with Crippen LogP contribution in [0.2, 0.25) is 0 Å². The molecular weight excluding hydrogens is 336 g/mol. The summed E-state index contributed by atoms with van der Waals surface area (Å²) in [5.41, 5.74) is 2.00. The van der Waals surface area contributed by atoms with Gasteiger partial charge in [0.25, 0.3) is 0 Å². The highest BCUT2D eigenvalue weighted by Gasteiger charge is 2.38. The largest absolute Gasteiger partial charge is 0.465 e. The summed E-state index contributed by atoms with van der Waals surface area (Å²) in [5.74, 6) is 0. The molecule has 3 fully saturated rings. The Hall–Kier alpha value is -2.48. The molecule has 0 saturated carbocycles. The normalized spacial score (nSPS) is 23.8. The number of hydrogen-bond acceptors (Lipinski definition) is 4. The van der Waals surface area contributed by atoms with Crippen LogP contribution in [0.3, 0.4) is 0 Å². The maximum atomic E-state index is 12.9. The van der Waals surface area contributed by atoms with E-state index in [1.165, 1.54) is 4.90 Å². The fourth-order valence-electron chi connectivity index (χ4n) is 3.98. The van der Waals surface area contributed by atoms with Crippen LogP contribution in [-0.4, -0.2) is 85.6 Å². The van der Waals surface area contributed by atoms with E-state index in [9.17, 15) is 9.59 Å². The molecule has 3 aliphatic rings. The molecule has 140 valence electrons. The average molecular weight is 360 g/mol. The highest BCUT2D eigenvalue weighted by Crippen LogP contribution is 2.28. The van der Waals surface area contributed by atoms with Crippen molar-refractivity contribution in [2.45, 2.75) is 12.5 Å². The number of carbonyl (C=O) groups is 2. The summed E-state index contributed by atoms with van der Waals surface area (Å²) in [6.45, 7) is 5.34. The first-order valence-electron chi connectivity index (χ1n) is 9.12. The molecule has 0 aromatic heterocycles. The van der Waals surface area contributed by atoms with Gasteiger partial charge in [-0.3, -0.25) is 4.90 Å². The zero-order valence-corrected chi connectivity index (χ0v) is 14.7. The molecule has 8 heteroatoms. The Balaban J connectivity index is 1.46. The molecule has 0 spiro atoms. The molecule has 26 heavy (non-hydrogen) atoms. The van der Waals surface area contributed by atoms with E-state index in [0.29, 0.717) is 32.6 Å². The van der Waals surface area contributed by atoms with Gasteiger partial charge in [0, 0.05) is 50.6 Å². The molecule has 1 aromatic rings. The van der Waals surface area contributed by atoms with Gasteiger partial charge >= 0.3 is 12.1 Å². The van der Waals surface area contributed by atoms with Crippen LogP contribution >= 0.6 is 0 Å². The van der Waals surface area contributed by atoms with Crippen molar-refractivity contribution in [1.82, 2.24) is 9.80 Å². The predicted octanol–water partition coefficient (Wildman–Crippen LogP) is 1.52. The number of hydrogen-bond donors (Lipinski definition) is 1.